The van der Waals surface area contributed by atoms with Crippen molar-refractivity contribution in [2.24, 2.45) is 0 Å². The molecule has 17 nitrogen and oxygen atoms in total. The van der Waals surface area contributed by atoms with Crippen LogP contribution in [0.25, 0.3) is 0 Å². The number of benzene rings is 3. The van der Waals surface area contributed by atoms with Gasteiger partial charge in [0.2, 0.25) is 5.91 Å². The molecule has 0 bridgehead atoms. The lowest BCUT2D eigenvalue weighted by Crippen LogP contribution is -2.35. The van der Waals surface area contributed by atoms with E-state index in [4.69, 9.17) is 47.4 Å². The lowest BCUT2D eigenvalue weighted by molar-refractivity contribution is -0.385. The van der Waals surface area contributed by atoms with Crippen molar-refractivity contribution in [3.63, 3.8) is 0 Å². The van der Waals surface area contributed by atoms with E-state index in [0.29, 0.717) is 17.0 Å². The van der Waals surface area contributed by atoms with Crippen LogP contribution in [-0.4, -0.2) is 103 Å². The van der Waals surface area contributed by atoms with E-state index in [-0.39, 0.29) is 41.6 Å². The number of carboxylic acid groups (broad SMARTS) is 1. The molecule has 0 radical (unpaired) electrons. The number of esters is 2. The molecule has 3 N–H and O–H groups in total. The summed E-state index contributed by atoms with van der Waals surface area (Å²) in [4.78, 5) is 75.1. The number of methoxy groups -OCH3 is 1. The molecular weight excluding hydrogens is 913 g/mol. The van der Waals surface area contributed by atoms with Gasteiger partial charge in [0, 0.05) is 19.2 Å². The van der Waals surface area contributed by atoms with Gasteiger partial charge >= 0.3 is 24.1 Å². The monoisotopic (exact) mass is 961 g/mol. The first-order valence-corrected chi connectivity index (χ1v) is 23.1. The number of nitro groups is 1. The number of aliphatic carboxylic acids is 1. The number of para-hydroxylation sites is 1. The zero-order valence-corrected chi connectivity index (χ0v) is 38.0. The minimum absolute atomic E-state index is 0.0371. The summed E-state index contributed by atoms with van der Waals surface area (Å²) >= 11 is 11.5. The third kappa shape index (κ3) is 22.6. The van der Waals surface area contributed by atoms with Gasteiger partial charge in [-0.05, 0) is 66.1 Å². The molecule has 3 aromatic carbocycles. The number of nitro benzene ring substituents is 1. The Hall–Kier alpha value is -4.47. The molecule has 62 heavy (non-hydrogen) atoms. The highest BCUT2D eigenvalue weighted by Crippen LogP contribution is 2.37. The maximum absolute atomic E-state index is 12.7. The summed E-state index contributed by atoms with van der Waals surface area (Å²) in [6, 6.07) is 11.5. The Morgan fingerprint density at radius 3 is 2.00 bits per heavy atom. The highest BCUT2D eigenvalue weighted by Gasteiger charge is 2.31. The average molecular weight is 963 g/mol. The number of nitrogens with zero attached hydrogens (tertiary/aromatic N) is 2. The standard InChI is InChI=1S/C18H13ClF3NO7.C14H20ClNO2.C3H8NO5P.C3H9S/c1-2-28-16(24)9-29-17(25)12-8-11(4-5-14(12)23(26)27)30-15-6-3-10(7-13(15)19)18(20,21)22;1-4-11-7-6-8-12(5-2)14(11)16(10-18-3)13(17)9-15;5-3(6)1-4-2-10(7,8)9;1-4(2)3/h3-8H,2,9H2,1H3;6-8H,4-5,9-10H2,1-3H3;4H,1-2H2,(H,5,6)(H2,7,8,9);1-3H3/q;;;+1/p-1. The molecule has 0 aliphatic carbocycles. The first kappa shape index (κ1) is 57.5. The van der Waals surface area contributed by atoms with Crippen LogP contribution in [0.1, 0.15) is 47.8 Å². The number of rotatable bonds is 17. The van der Waals surface area contributed by atoms with E-state index in [9.17, 15) is 51.9 Å². The van der Waals surface area contributed by atoms with Crippen LogP contribution in [0.15, 0.2) is 54.6 Å². The fourth-order valence-corrected chi connectivity index (χ4v) is 5.28. The van der Waals surface area contributed by atoms with Gasteiger partial charge in [-0.1, -0.05) is 43.6 Å². The van der Waals surface area contributed by atoms with Gasteiger partial charge in [-0.3, -0.25) is 29.9 Å². The van der Waals surface area contributed by atoms with E-state index < -0.39 is 72.9 Å². The van der Waals surface area contributed by atoms with E-state index >= 15 is 0 Å². The molecule has 1 amide bonds. The molecule has 0 aliphatic heterocycles. The number of ether oxygens (including phenoxy) is 4. The SMILES string of the molecule is CCOC(=O)COC(=O)c1cc(Oc2ccc(C(F)(F)F)cc2Cl)ccc1[N+](=O)[O-].CCc1cccc(CC)c1N(COC)C(=O)CCl.C[S+](C)C.O=C(O)CNCP(=O)([O-])O. The summed E-state index contributed by atoms with van der Waals surface area (Å²) in [6.45, 7) is 4.73. The predicted molar refractivity (Wildman–Crippen MR) is 227 cm³/mol. The molecule has 346 valence electrons. The van der Waals surface area contributed by atoms with Crippen LogP contribution in [-0.2, 0) is 63.1 Å². The molecule has 0 fully saturated rings. The second kappa shape index (κ2) is 29.0. The molecule has 0 saturated carbocycles. The summed E-state index contributed by atoms with van der Waals surface area (Å²) in [5, 5.41) is 20.8. The lowest BCUT2D eigenvalue weighted by Gasteiger charge is -2.26. The van der Waals surface area contributed by atoms with E-state index in [2.05, 4.69) is 37.4 Å². The third-order valence-corrected chi connectivity index (χ3v) is 8.14. The maximum atomic E-state index is 12.7. The summed E-state index contributed by atoms with van der Waals surface area (Å²) in [6.07, 6.45) is 3.02. The average Bonchev–Trinajstić information content (AvgIpc) is 3.18. The minimum Gasteiger partial charge on any atom is -0.778 e. The molecule has 24 heteroatoms. The van der Waals surface area contributed by atoms with Crippen molar-refractivity contribution in [1.82, 2.24) is 5.32 Å². The second-order valence-corrected chi connectivity index (χ2v) is 17.1. The van der Waals surface area contributed by atoms with Gasteiger partial charge in [0.05, 0.1) is 59.4 Å². The van der Waals surface area contributed by atoms with Crippen LogP contribution in [0.5, 0.6) is 11.5 Å². The molecular formula is C38H49Cl2F3N3O14PS. The van der Waals surface area contributed by atoms with Crippen molar-refractivity contribution in [1.29, 1.82) is 0 Å². The Morgan fingerprint density at radius 1 is 0.984 bits per heavy atom. The Kier molecular flexibility index (Phi) is 26.9. The zero-order valence-electron chi connectivity index (χ0n) is 34.8. The van der Waals surface area contributed by atoms with Gasteiger partial charge in [-0.2, -0.15) is 13.2 Å². The molecule has 3 rings (SSSR count). The second-order valence-electron chi connectivity index (χ2n) is 12.4. The highest BCUT2D eigenvalue weighted by molar-refractivity contribution is 7.94. The molecule has 1 unspecified atom stereocenters. The number of carbonyl (C=O) groups excluding carboxylic acids is 3. The number of hydrogen-bond donors (Lipinski definition) is 3. The highest BCUT2D eigenvalue weighted by atomic mass is 35.5. The van der Waals surface area contributed by atoms with Gasteiger partial charge in [-0.25, -0.2) is 9.59 Å². The zero-order chi connectivity index (χ0) is 47.8. The molecule has 0 spiro atoms. The number of halogens is 5. The van der Waals surface area contributed by atoms with Crippen molar-refractivity contribution in [2.75, 3.05) is 69.4 Å². The van der Waals surface area contributed by atoms with Crippen LogP contribution in [0, 0.1) is 10.1 Å². The number of alkyl halides is 4. The lowest BCUT2D eigenvalue weighted by atomic mass is 10.0. The minimum atomic E-state index is -4.61. The van der Waals surface area contributed by atoms with Crippen LogP contribution >= 0.6 is 30.8 Å². The molecule has 1 atom stereocenters. The van der Waals surface area contributed by atoms with Gasteiger partial charge in [0.25, 0.3) is 5.69 Å². The fraction of sp³-hybridized carbons (Fsp3) is 0.421. The van der Waals surface area contributed by atoms with Crippen molar-refractivity contribution < 1.29 is 75.7 Å². The Balaban J connectivity index is 0.000000978. The van der Waals surface area contributed by atoms with E-state index in [1.54, 1.807) is 12.0 Å². The molecule has 3 aromatic rings. The summed E-state index contributed by atoms with van der Waals surface area (Å²) in [5.74, 6) is -3.70. The first-order valence-electron chi connectivity index (χ1n) is 17.9. The number of anilines is 1. The normalized spacial score (nSPS) is 11.5. The van der Waals surface area contributed by atoms with Crippen molar-refractivity contribution in [2.45, 2.75) is 39.8 Å². The van der Waals surface area contributed by atoms with E-state index in [0.717, 1.165) is 60.0 Å². The molecule has 0 saturated heterocycles. The van der Waals surface area contributed by atoms with Crippen molar-refractivity contribution in [3.05, 3.63) is 92.0 Å². The summed E-state index contributed by atoms with van der Waals surface area (Å²) in [5.41, 5.74) is 1.08. The van der Waals surface area contributed by atoms with Crippen molar-refractivity contribution in [3.8, 4) is 11.5 Å². The Morgan fingerprint density at radius 2 is 1.56 bits per heavy atom. The van der Waals surface area contributed by atoms with Crippen LogP contribution < -0.4 is 19.8 Å². The predicted octanol–water partition coefficient (Wildman–Crippen LogP) is 6.42. The van der Waals surface area contributed by atoms with Crippen LogP contribution in [0.4, 0.5) is 24.5 Å². The third-order valence-electron chi connectivity index (χ3n) is 6.99. The molecule has 0 aromatic heterocycles. The van der Waals surface area contributed by atoms with Crippen LogP contribution in [0.2, 0.25) is 5.02 Å². The van der Waals surface area contributed by atoms with Gasteiger partial charge in [0.15, 0.2) is 6.61 Å². The first-order chi connectivity index (χ1) is 28.9. The van der Waals surface area contributed by atoms with Gasteiger partial charge < -0.3 is 38.4 Å². The van der Waals surface area contributed by atoms with Crippen molar-refractivity contribution >= 4 is 76.9 Å². The van der Waals surface area contributed by atoms with Gasteiger partial charge in [0.1, 0.15) is 37.3 Å². The van der Waals surface area contributed by atoms with E-state index in [1.165, 1.54) is 6.92 Å². The maximum Gasteiger partial charge on any atom is 0.416 e. The number of nitrogens with one attached hydrogen (secondary N) is 1. The number of carbonyl (C=O) groups is 4. The Labute approximate surface area is 369 Å². The number of amides is 1. The largest absolute Gasteiger partial charge is 0.778 e. The quantitative estimate of drug-likeness (QED) is 0.0251. The summed E-state index contributed by atoms with van der Waals surface area (Å²) in [7, 11) is -2.13. The van der Waals surface area contributed by atoms with E-state index in [1.807, 2.05) is 23.5 Å². The molecule has 0 heterocycles. The smallest absolute Gasteiger partial charge is 0.416 e. The number of carboxylic acids is 1. The summed E-state index contributed by atoms with van der Waals surface area (Å²) < 4.78 is 67.8. The fourth-order valence-electron chi connectivity index (χ4n) is 4.52. The van der Waals surface area contributed by atoms with Crippen LogP contribution in [0.3, 0.4) is 0 Å². The number of hydrogen-bond acceptors (Lipinski definition) is 13. The topological polar surface area (TPSA) is 244 Å². The Bertz CT molecular complexity index is 1970. The van der Waals surface area contributed by atoms with Gasteiger partial charge in [-0.15, -0.1) is 11.6 Å². The molecule has 0 aliphatic rings. The number of aryl methyl sites for hydroxylation is 2.